The monoisotopic (exact) mass is 329 g/mol. The Kier molecular flexibility index (Phi) is 5.76. The van der Waals surface area contributed by atoms with Crippen molar-refractivity contribution in [3.05, 3.63) is 47.8 Å². The highest BCUT2D eigenvalue weighted by Gasteiger charge is 2.42. The zero-order chi connectivity index (χ0) is 17.0. The number of hydrogen-bond donors (Lipinski definition) is 0. The molecule has 0 spiro atoms. The standard InChI is InChI=1S/C22H32FN/c1-18(2)7-5-8-19-11-13-22(14-12-19,24-15-3-4-16-24)20-9-6-10-21(23)17-20/h6,9-10,17,19H,1,3-5,7-8,11-16H2,2H3. The number of likely N-dealkylation sites (tertiary alicyclic amines) is 1. The molecule has 1 saturated carbocycles. The number of hydrogen-bond acceptors (Lipinski definition) is 1. The molecular weight excluding hydrogens is 297 g/mol. The second kappa shape index (κ2) is 7.82. The van der Waals surface area contributed by atoms with Crippen LogP contribution in [0, 0.1) is 11.7 Å². The maximum atomic E-state index is 13.9. The molecule has 0 amide bonds. The molecule has 24 heavy (non-hydrogen) atoms. The van der Waals surface area contributed by atoms with Gasteiger partial charge in [-0.05, 0) is 95.0 Å². The maximum Gasteiger partial charge on any atom is 0.123 e. The lowest BCUT2D eigenvalue weighted by Gasteiger charge is -2.47. The van der Waals surface area contributed by atoms with Crippen molar-refractivity contribution in [3.63, 3.8) is 0 Å². The van der Waals surface area contributed by atoms with E-state index in [1.54, 1.807) is 12.1 Å². The molecule has 2 aliphatic rings. The Hall–Kier alpha value is -1.15. The van der Waals surface area contributed by atoms with Crippen molar-refractivity contribution in [2.75, 3.05) is 13.1 Å². The summed E-state index contributed by atoms with van der Waals surface area (Å²) in [6, 6.07) is 7.41. The number of benzene rings is 1. The fourth-order valence-electron chi connectivity index (χ4n) is 4.85. The Morgan fingerprint density at radius 2 is 1.96 bits per heavy atom. The highest BCUT2D eigenvalue weighted by atomic mass is 19.1. The normalized spacial score (nSPS) is 28.2. The first-order valence-electron chi connectivity index (χ1n) is 9.76. The van der Waals surface area contributed by atoms with Crippen molar-refractivity contribution in [1.82, 2.24) is 4.90 Å². The molecule has 1 aliphatic heterocycles. The number of allylic oxidation sites excluding steroid dienone is 1. The number of nitrogens with zero attached hydrogens (tertiary/aromatic N) is 1. The van der Waals surface area contributed by atoms with Crippen molar-refractivity contribution in [2.24, 2.45) is 5.92 Å². The predicted octanol–water partition coefficient (Wildman–Crippen LogP) is 6.05. The Bertz CT molecular complexity index is 551. The van der Waals surface area contributed by atoms with Crippen LogP contribution < -0.4 is 0 Å². The molecule has 0 bridgehead atoms. The molecule has 1 saturated heterocycles. The smallest absolute Gasteiger partial charge is 0.123 e. The first kappa shape index (κ1) is 17.7. The summed E-state index contributed by atoms with van der Waals surface area (Å²) in [5, 5.41) is 0. The summed E-state index contributed by atoms with van der Waals surface area (Å²) in [5.74, 6) is 0.753. The quantitative estimate of drug-likeness (QED) is 0.574. The molecular formula is C22H32FN. The van der Waals surface area contributed by atoms with Gasteiger partial charge in [-0.2, -0.15) is 0 Å². The Balaban J connectivity index is 1.70. The molecule has 1 heterocycles. The zero-order valence-corrected chi connectivity index (χ0v) is 15.2. The van der Waals surface area contributed by atoms with E-state index in [1.165, 1.54) is 75.6 Å². The van der Waals surface area contributed by atoms with Crippen LogP contribution in [0.5, 0.6) is 0 Å². The van der Waals surface area contributed by atoms with Gasteiger partial charge in [0.15, 0.2) is 0 Å². The van der Waals surface area contributed by atoms with Gasteiger partial charge in [0.25, 0.3) is 0 Å². The van der Waals surface area contributed by atoms with E-state index in [9.17, 15) is 4.39 Å². The SMILES string of the molecule is C=C(C)CCCC1CCC(c2cccc(F)c2)(N2CCCC2)CC1. The van der Waals surface area contributed by atoms with Crippen molar-refractivity contribution >= 4 is 0 Å². The molecule has 0 radical (unpaired) electrons. The molecule has 1 nitrogen and oxygen atoms in total. The van der Waals surface area contributed by atoms with Gasteiger partial charge < -0.3 is 0 Å². The molecule has 1 aromatic rings. The molecule has 2 fully saturated rings. The van der Waals surface area contributed by atoms with Crippen LogP contribution in [0.2, 0.25) is 0 Å². The Morgan fingerprint density at radius 1 is 1.25 bits per heavy atom. The minimum atomic E-state index is -0.0883. The van der Waals surface area contributed by atoms with Gasteiger partial charge in [0.2, 0.25) is 0 Å². The van der Waals surface area contributed by atoms with Crippen molar-refractivity contribution in [3.8, 4) is 0 Å². The first-order chi connectivity index (χ1) is 11.6. The van der Waals surface area contributed by atoms with Gasteiger partial charge in [0.05, 0.1) is 0 Å². The van der Waals surface area contributed by atoms with Crippen LogP contribution in [-0.4, -0.2) is 18.0 Å². The van der Waals surface area contributed by atoms with Gasteiger partial charge in [-0.25, -0.2) is 4.39 Å². The molecule has 1 aliphatic carbocycles. The van der Waals surface area contributed by atoms with Crippen LogP contribution in [0.1, 0.15) is 70.3 Å². The van der Waals surface area contributed by atoms with E-state index >= 15 is 0 Å². The summed E-state index contributed by atoms with van der Waals surface area (Å²) in [7, 11) is 0. The van der Waals surface area contributed by atoms with E-state index in [0.717, 1.165) is 12.3 Å². The van der Waals surface area contributed by atoms with Crippen molar-refractivity contribution in [1.29, 1.82) is 0 Å². The van der Waals surface area contributed by atoms with E-state index in [4.69, 9.17) is 0 Å². The predicted molar refractivity (Wildman–Crippen MR) is 99.5 cm³/mol. The first-order valence-corrected chi connectivity index (χ1v) is 9.76. The van der Waals surface area contributed by atoms with Crippen LogP contribution in [0.3, 0.4) is 0 Å². The van der Waals surface area contributed by atoms with Gasteiger partial charge in [0, 0.05) is 5.54 Å². The summed E-state index contributed by atoms with van der Waals surface area (Å²) in [4.78, 5) is 2.66. The van der Waals surface area contributed by atoms with Crippen LogP contribution >= 0.6 is 0 Å². The minimum absolute atomic E-state index is 0.0868. The second-order valence-corrected chi connectivity index (χ2v) is 8.03. The van der Waals surface area contributed by atoms with Gasteiger partial charge in [-0.1, -0.05) is 24.1 Å². The lowest BCUT2D eigenvalue weighted by molar-refractivity contribution is 0.0506. The zero-order valence-electron chi connectivity index (χ0n) is 15.2. The second-order valence-electron chi connectivity index (χ2n) is 8.03. The summed E-state index contributed by atoms with van der Waals surface area (Å²) < 4.78 is 13.9. The fourth-order valence-corrected chi connectivity index (χ4v) is 4.85. The fraction of sp³-hybridized carbons (Fsp3) is 0.636. The Morgan fingerprint density at radius 3 is 2.58 bits per heavy atom. The summed E-state index contributed by atoms with van der Waals surface area (Å²) in [6.07, 6.45) is 11.3. The van der Waals surface area contributed by atoms with E-state index in [1.807, 2.05) is 6.07 Å². The van der Waals surface area contributed by atoms with Crippen molar-refractivity contribution < 1.29 is 4.39 Å². The minimum Gasteiger partial charge on any atom is -0.294 e. The molecule has 0 unspecified atom stereocenters. The van der Waals surface area contributed by atoms with Crippen LogP contribution in [-0.2, 0) is 5.54 Å². The molecule has 3 rings (SSSR count). The van der Waals surface area contributed by atoms with Crippen LogP contribution in [0.15, 0.2) is 36.4 Å². The van der Waals surface area contributed by atoms with E-state index in [0.29, 0.717) is 0 Å². The molecule has 2 heteroatoms. The molecule has 0 N–H and O–H groups in total. The average molecular weight is 330 g/mol. The maximum absolute atomic E-state index is 13.9. The average Bonchev–Trinajstić information content (AvgIpc) is 3.10. The lowest BCUT2D eigenvalue weighted by atomic mass is 9.70. The van der Waals surface area contributed by atoms with Crippen LogP contribution in [0.25, 0.3) is 0 Å². The third-order valence-electron chi connectivity index (χ3n) is 6.22. The van der Waals surface area contributed by atoms with E-state index < -0.39 is 0 Å². The molecule has 0 atom stereocenters. The highest BCUT2D eigenvalue weighted by Crippen LogP contribution is 2.46. The van der Waals surface area contributed by atoms with Crippen molar-refractivity contribution in [2.45, 2.75) is 70.3 Å². The molecule has 0 aromatic heterocycles. The van der Waals surface area contributed by atoms with Gasteiger partial charge in [0.1, 0.15) is 5.82 Å². The molecule has 1 aromatic carbocycles. The topological polar surface area (TPSA) is 3.24 Å². The highest BCUT2D eigenvalue weighted by molar-refractivity contribution is 5.27. The number of halogens is 1. The summed E-state index contributed by atoms with van der Waals surface area (Å²) in [6.45, 7) is 8.50. The number of rotatable bonds is 6. The van der Waals surface area contributed by atoms with E-state index in [-0.39, 0.29) is 11.4 Å². The van der Waals surface area contributed by atoms with E-state index in [2.05, 4.69) is 24.5 Å². The molecule has 132 valence electrons. The lowest BCUT2D eigenvalue weighted by Crippen LogP contribution is -2.47. The summed E-state index contributed by atoms with van der Waals surface area (Å²) in [5.41, 5.74) is 2.60. The van der Waals surface area contributed by atoms with Gasteiger partial charge in [-0.15, -0.1) is 6.58 Å². The van der Waals surface area contributed by atoms with Crippen LogP contribution in [0.4, 0.5) is 4.39 Å². The van der Waals surface area contributed by atoms with Gasteiger partial charge in [-0.3, -0.25) is 4.90 Å². The van der Waals surface area contributed by atoms with Gasteiger partial charge >= 0.3 is 0 Å². The summed E-state index contributed by atoms with van der Waals surface area (Å²) >= 11 is 0. The third kappa shape index (κ3) is 3.91. The largest absolute Gasteiger partial charge is 0.294 e. The Labute approximate surface area is 146 Å². The third-order valence-corrected chi connectivity index (χ3v) is 6.22.